The molecule has 3 rings (SSSR count). The number of hydrogen-bond acceptors (Lipinski definition) is 3. The number of benzene rings is 2. The van der Waals surface area contributed by atoms with Crippen molar-refractivity contribution in [2.45, 2.75) is 18.9 Å². The SMILES string of the molecule is COc1ccc(CC(=O)N2Cc3ccccc3C(C(=O)O)C2)cc1. The molecule has 124 valence electrons. The molecule has 1 aliphatic heterocycles. The first kappa shape index (κ1) is 16.1. The van der Waals surface area contributed by atoms with Crippen molar-refractivity contribution in [2.75, 3.05) is 13.7 Å². The summed E-state index contributed by atoms with van der Waals surface area (Å²) in [6.45, 7) is 0.663. The van der Waals surface area contributed by atoms with Crippen LogP contribution in [0.5, 0.6) is 5.75 Å². The van der Waals surface area contributed by atoms with Crippen molar-refractivity contribution in [3.05, 3.63) is 65.2 Å². The van der Waals surface area contributed by atoms with Crippen molar-refractivity contribution < 1.29 is 19.4 Å². The molecule has 1 heterocycles. The molecule has 5 heteroatoms. The van der Waals surface area contributed by atoms with E-state index in [1.54, 1.807) is 12.0 Å². The third-order valence-electron chi connectivity index (χ3n) is 4.36. The van der Waals surface area contributed by atoms with Gasteiger partial charge in [-0.3, -0.25) is 9.59 Å². The number of hydrogen-bond donors (Lipinski definition) is 1. The molecular weight excluding hydrogens is 306 g/mol. The van der Waals surface area contributed by atoms with Crippen LogP contribution in [0, 0.1) is 0 Å². The second-order valence-electron chi connectivity index (χ2n) is 5.89. The van der Waals surface area contributed by atoms with E-state index in [0.717, 1.165) is 22.4 Å². The highest BCUT2D eigenvalue weighted by atomic mass is 16.5. The fourth-order valence-electron chi connectivity index (χ4n) is 3.04. The second-order valence-corrected chi connectivity index (χ2v) is 5.89. The molecule has 0 fully saturated rings. The van der Waals surface area contributed by atoms with E-state index in [1.807, 2.05) is 48.5 Å². The number of carbonyl (C=O) groups is 2. The lowest BCUT2D eigenvalue weighted by Gasteiger charge is -2.33. The van der Waals surface area contributed by atoms with Gasteiger partial charge in [-0.1, -0.05) is 36.4 Å². The number of nitrogens with zero attached hydrogens (tertiary/aromatic N) is 1. The van der Waals surface area contributed by atoms with E-state index in [2.05, 4.69) is 0 Å². The van der Waals surface area contributed by atoms with Gasteiger partial charge in [0.25, 0.3) is 0 Å². The van der Waals surface area contributed by atoms with Crippen molar-refractivity contribution >= 4 is 11.9 Å². The Bertz CT molecular complexity index is 754. The minimum absolute atomic E-state index is 0.0686. The number of aliphatic carboxylic acids is 1. The molecule has 0 aromatic heterocycles. The lowest BCUT2D eigenvalue weighted by molar-refractivity contribution is -0.141. The summed E-state index contributed by atoms with van der Waals surface area (Å²) in [5.41, 5.74) is 2.59. The van der Waals surface area contributed by atoms with Gasteiger partial charge in [-0.05, 0) is 28.8 Å². The highest BCUT2D eigenvalue weighted by Gasteiger charge is 2.32. The topological polar surface area (TPSA) is 66.8 Å². The van der Waals surface area contributed by atoms with Crippen LogP contribution in [-0.2, 0) is 22.6 Å². The maximum absolute atomic E-state index is 12.6. The average Bonchev–Trinajstić information content (AvgIpc) is 2.61. The molecule has 0 bridgehead atoms. The van der Waals surface area contributed by atoms with E-state index in [9.17, 15) is 14.7 Å². The van der Waals surface area contributed by atoms with Crippen molar-refractivity contribution in [3.63, 3.8) is 0 Å². The smallest absolute Gasteiger partial charge is 0.312 e. The van der Waals surface area contributed by atoms with E-state index in [-0.39, 0.29) is 18.9 Å². The van der Waals surface area contributed by atoms with Gasteiger partial charge in [0.15, 0.2) is 0 Å². The number of carboxylic acids is 1. The summed E-state index contributed by atoms with van der Waals surface area (Å²) < 4.78 is 5.11. The standard InChI is InChI=1S/C19H19NO4/c1-24-15-8-6-13(7-9-15)10-18(21)20-11-14-4-2-3-5-16(14)17(12-20)19(22)23/h2-9,17H,10-12H2,1H3,(H,22,23). The van der Waals surface area contributed by atoms with Gasteiger partial charge in [-0.15, -0.1) is 0 Å². The van der Waals surface area contributed by atoms with Crippen molar-refractivity contribution in [1.82, 2.24) is 4.90 Å². The Hall–Kier alpha value is -2.82. The fourth-order valence-corrected chi connectivity index (χ4v) is 3.04. The molecule has 1 aliphatic rings. The van der Waals surface area contributed by atoms with Gasteiger partial charge in [0.05, 0.1) is 19.4 Å². The molecular formula is C19H19NO4. The Labute approximate surface area is 140 Å². The molecule has 1 N–H and O–H groups in total. The van der Waals surface area contributed by atoms with E-state index in [4.69, 9.17) is 4.74 Å². The molecule has 0 radical (unpaired) electrons. The molecule has 2 aromatic carbocycles. The van der Waals surface area contributed by atoms with E-state index < -0.39 is 11.9 Å². The third kappa shape index (κ3) is 3.25. The highest BCUT2D eigenvalue weighted by molar-refractivity contribution is 5.82. The summed E-state index contributed by atoms with van der Waals surface area (Å²) in [7, 11) is 1.59. The number of fused-ring (bicyclic) bond motifs is 1. The molecule has 24 heavy (non-hydrogen) atoms. The predicted molar refractivity (Wildman–Crippen MR) is 88.9 cm³/mol. The van der Waals surface area contributed by atoms with Crippen LogP contribution in [0.15, 0.2) is 48.5 Å². The second kappa shape index (κ2) is 6.74. The minimum atomic E-state index is -0.899. The van der Waals surface area contributed by atoms with Gasteiger partial charge in [-0.25, -0.2) is 0 Å². The van der Waals surface area contributed by atoms with Crippen LogP contribution < -0.4 is 4.74 Å². The highest BCUT2D eigenvalue weighted by Crippen LogP contribution is 2.29. The van der Waals surface area contributed by atoms with Gasteiger partial charge >= 0.3 is 5.97 Å². The number of ether oxygens (including phenoxy) is 1. The van der Waals surface area contributed by atoms with Crippen LogP contribution in [0.2, 0.25) is 0 Å². The number of rotatable bonds is 4. The number of methoxy groups -OCH3 is 1. The van der Waals surface area contributed by atoms with Crippen LogP contribution in [0.25, 0.3) is 0 Å². The zero-order valence-electron chi connectivity index (χ0n) is 13.4. The van der Waals surface area contributed by atoms with E-state index in [1.165, 1.54) is 0 Å². The summed E-state index contributed by atoms with van der Waals surface area (Å²) >= 11 is 0. The van der Waals surface area contributed by atoms with Crippen LogP contribution in [0.4, 0.5) is 0 Å². The Morgan fingerprint density at radius 2 is 1.88 bits per heavy atom. The quantitative estimate of drug-likeness (QED) is 0.937. The normalized spacial score (nSPS) is 16.4. The van der Waals surface area contributed by atoms with Crippen molar-refractivity contribution in [3.8, 4) is 5.75 Å². The zero-order valence-corrected chi connectivity index (χ0v) is 13.4. The Morgan fingerprint density at radius 1 is 1.17 bits per heavy atom. The molecule has 2 aromatic rings. The third-order valence-corrected chi connectivity index (χ3v) is 4.36. The van der Waals surface area contributed by atoms with Crippen LogP contribution in [0.3, 0.4) is 0 Å². The molecule has 1 amide bonds. The minimum Gasteiger partial charge on any atom is -0.497 e. The summed E-state index contributed by atoms with van der Waals surface area (Å²) in [6.07, 6.45) is 0.249. The van der Waals surface area contributed by atoms with Crippen molar-refractivity contribution in [2.24, 2.45) is 0 Å². The monoisotopic (exact) mass is 325 g/mol. The molecule has 1 unspecified atom stereocenters. The lowest BCUT2D eigenvalue weighted by Crippen LogP contribution is -2.41. The van der Waals surface area contributed by atoms with Crippen LogP contribution in [0.1, 0.15) is 22.6 Å². The summed E-state index contributed by atoms with van der Waals surface area (Å²) in [6, 6.07) is 14.8. The summed E-state index contributed by atoms with van der Waals surface area (Å²) in [5, 5.41) is 9.48. The average molecular weight is 325 g/mol. The molecule has 0 spiro atoms. The molecule has 0 aliphatic carbocycles. The Morgan fingerprint density at radius 3 is 2.54 bits per heavy atom. The first-order valence-corrected chi connectivity index (χ1v) is 7.80. The number of amides is 1. The first-order valence-electron chi connectivity index (χ1n) is 7.80. The first-order chi connectivity index (χ1) is 11.6. The maximum Gasteiger partial charge on any atom is 0.312 e. The van der Waals surface area contributed by atoms with Crippen molar-refractivity contribution in [1.29, 1.82) is 0 Å². The number of carbonyl (C=O) groups excluding carboxylic acids is 1. The molecule has 1 atom stereocenters. The zero-order chi connectivity index (χ0) is 17.1. The van der Waals surface area contributed by atoms with E-state index in [0.29, 0.717) is 6.54 Å². The predicted octanol–water partition coefficient (Wildman–Crippen LogP) is 2.45. The van der Waals surface area contributed by atoms with Crippen LogP contribution in [-0.4, -0.2) is 35.5 Å². The lowest BCUT2D eigenvalue weighted by atomic mass is 9.89. The van der Waals surface area contributed by atoms with Gasteiger partial charge in [0.2, 0.25) is 5.91 Å². The molecule has 5 nitrogen and oxygen atoms in total. The van der Waals surface area contributed by atoms with Gasteiger partial charge < -0.3 is 14.7 Å². The van der Waals surface area contributed by atoms with E-state index >= 15 is 0 Å². The Balaban J connectivity index is 1.77. The fraction of sp³-hybridized carbons (Fsp3) is 0.263. The molecule has 0 saturated carbocycles. The molecule has 0 saturated heterocycles. The van der Waals surface area contributed by atoms with Crippen LogP contribution >= 0.6 is 0 Å². The van der Waals surface area contributed by atoms with Gasteiger partial charge in [0.1, 0.15) is 5.75 Å². The summed E-state index contributed by atoms with van der Waals surface area (Å²) in [5.74, 6) is -0.899. The maximum atomic E-state index is 12.6. The number of carboxylic acid groups (broad SMARTS) is 1. The van der Waals surface area contributed by atoms with Gasteiger partial charge in [0, 0.05) is 13.1 Å². The largest absolute Gasteiger partial charge is 0.497 e. The van der Waals surface area contributed by atoms with Gasteiger partial charge in [-0.2, -0.15) is 0 Å². The summed E-state index contributed by atoms with van der Waals surface area (Å²) in [4.78, 5) is 25.8. The Kier molecular flexibility index (Phi) is 4.51.